The van der Waals surface area contributed by atoms with Gasteiger partial charge in [0.25, 0.3) is 0 Å². The molecular formula is C19H30N2. The first-order valence-electron chi connectivity index (χ1n) is 8.75. The Kier molecular flexibility index (Phi) is 4.54. The van der Waals surface area contributed by atoms with Crippen molar-refractivity contribution in [3.8, 4) is 0 Å². The molecule has 21 heavy (non-hydrogen) atoms. The fourth-order valence-electron chi connectivity index (χ4n) is 4.18. The molecule has 0 amide bonds. The summed E-state index contributed by atoms with van der Waals surface area (Å²) in [6.07, 6.45) is 10.2. The molecule has 1 aliphatic carbocycles. The van der Waals surface area contributed by atoms with Gasteiger partial charge in [-0.3, -0.25) is 0 Å². The summed E-state index contributed by atoms with van der Waals surface area (Å²) >= 11 is 0. The van der Waals surface area contributed by atoms with E-state index >= 15 is 0 Å². The maximum atomic E-state index is 3.31. The Morgan fingerprint density at radius 1 is 0.952 bits per heavy atom. The SMILES string of the molecule is CNC(C)c1ccc(N2CCC3(CCCCC3)CC2)cc1. The number of hydrogen-bond acceptors (Lipinski definition) is 2. The number of benzene rings is 1. The summed E-state index contributed by atoms with van der Waals surface area (Å²) in [5.74, 6) is 0. The molecule has 1 heterocycles. The number of nitrogens with zero attached hydrogens (tertiary/aromatic N) is 1. The van der Waals surface area contributed by atoms with E-state index in [2.05, 4.69) is 41.4 Å². The summed E-state index contributed by atoms with van der Waals surface area (Å²) < 4.78 is 0. The van der Waals surface area contributed by atoms with Gasteiger partial charge in [-0.2, -0.15) is 0 Å². The molecule has 1 unspecified atom stereocenters. The van der Waals surface area contributed by atoms with Crippen LogP contribution in [0.5, 0.6) is 0 Å². The van der Waals surface area contributed by atoms with Gasteiger partial charge in [0, 0.05) is 24.8 Å². The molecule has 1 aromatic carbocycles. The van der Waals surface area contributed by atoms with Crippen LogP contribution in [0.1, 0.15) is 63.5 Å². The van der Waals surface area contributed by atoms with Crippen LogP contribution in [0.4, 0.5) is 5.69 Å². The first-order valence-corrected chi connectivity index (χ1v) is 8.75. The van der Waals surface area contributed by atoms with Crippen LogP contribution in [-0.2, 0) is 0 Å². The second-order valence-corrected chi connectivity index (χ2v) is 7.15. The average molecular weight is 286 g/mol. The maximum Gasteiger partial charge on any atom is 0.0366 e. The van der Waals surface area contributed by atoms with Crippen LogP contribution in [0.25, 0.3) is 0 Å². The molecule has 2 nitrogen and oxygen atoms in total. The number of anilines is 1. The van der Waals surface area contributed by atoms with Gasteiger partial charge in [0.2, 0.25) is 0 Å². The van der Waals surface area contributed by atoms with E-state index in [-0.39, 0.29) is 0 Å². The molecule has 116 valence electrons. The quantitative estimate of drug-likeness (QED) is 0.879. The van der Waals surface area contributed by atoms with Gasteiger partial charge in [0.05, 0.1) is 0 Å². The van der Waals surface area contributed by atoms with Crippen molar-refractivity contribution in [2.45, 2.75) is 57.9 Å². The fourth-order valence-corrected chi connectivity index (χ4v) is 4.18. The van der Waals surface area contributed by atoms with Crippen molar-refractivity contribution in [2.75, 3.05) is 25.0 Å². The number of nitrogens with one attached hydrogen (secondary N) is 1. The second-order valence-electron chi connectivity index (χ2n) is 7.15. The summed E-state index contributed by atoms with van der Waals surface area (Å²) in [7, 11) is 2.02. The molecule has 0 radical (unpaired) electrons. The smallest absolute Gasteiger partial charge is 0.0366 e. The van der Waals surface area contributed by atoms with Crippen molar-refractivity contribution >= 4 is 5.69 Å². The lowest BCUT2D eigenvalue weighted by Crippen LogP contribution is -2.41. The first-order chi connectivity index (χ1) is 10.2. The van der Waals surface area contributed by atoms with Gasteiger partial charge in [-0.15, -0.1) is 0 Å². The topological polar surface area (TPSA) is 15.3 Å². The van der Waals surface area contributed by atoms with Gasteiger partial charge < -0.3 is 10.2 Å². The summed E-state index contributed by atoms with van der Waals surface area (Å²) in [6, 6.07) is 9.61. The molecule has 2 heteroatoms. The Balaban J connectivity index is 1.61. The van der Waals surface area contributed by atoms with E-state index in [9.17, 15) is 0 Å². The van der Waals surface area contributed by atoms with Gasteiger partial charge in [0.1, 0.15) is 0 Å². The summed E-state index contributed by atoms with van der Waals surface area (Å²) in [4.78, 5) is 2.59. The van der Waals surface area contributed by atoms with Crippen LogP contribution in [0.2, 0.25) is 0 Å². The molecule has 2 aliphatic rings. The molecule has 2 fully saturated rings. The van der Waals surface area contributed by atoms with Crippen molar-refractivity contribution in [3.63, 3.8) is 0 Å². The Morgan fingerprint density at radius 2 is 1.57 bits per heavy atom. The molecule has 1 spiro atoms. The predicted molar refractivity (Wildman–Crippen MR) is 90.9 cm³/mol. The second kappa shape index (κ2) is 6.39. The molecule has 1 atom stereocenters. The van der Waals surface area contributed by atoms with Crippen LogP contribution in [0.3, 0.4) is 0 Å². The highest BCUT2D eigenvalue weighted by Crippen LogP contribution is 2.45. The van der Waals surface area contributed by atoms with Gasteiger partial charge in [0.15, 0.2) is 0 Å². The lowest BCUT2D eigenvalue weighted by Gasteiger charge is -2.45. The molecule has 1 saturated heterocycles. The minimum atomic E-state index is 0.436. The molecule has 1 aliphatic heterocycles. The molecule has 1 N–H and O–H groups in total. The normalized spacial score (nSPS) is 23.2. The maximum absolute atomic E-state index is 3.31. The summed E-state index contributed by atoms with van der Waals surface area (Å²) in [5.41, 5.74) is 3.49. The highest BCUT2D eigenvalue weighted by Gasteiger charge is 2.35. The monoisotopic (exact) mass is 286 g/mol. The lowest BCUT2D eigenvalue weighted by atomic mass is 9.68. The summed E-state index contributed by atoms with van der Waals surface area (Å²) in [6.45, 7) is 4.71. The third kappa shape index (κ3) is 3.26. The largest absolute Gasteiger partial charge is 0.371 e. The fraction of sp³-hybridized carbons (Fsp3) is 0.684. The number of hydrogen-bond donors (Lipinski definition) is 1. The molecule has 3 rings (SSSR count). The summed E-state index contributed by atoms with van der Waals surface area (Å²) in [5, 5.41) is 3.31. The van der Waals surface area contributed by atoms with Crippen LogP contribution < -0.4 is 10.2 Å². The molecule has 0 bridgehead atoms. The van der Waals surface area contributed by atoms with E-state index in [0.29, 0.717) is 11.5 Å². The van der Waals surface area contributed by atoms with Crippen molar-refractivity contribution in [1.29, 1.82) is 0 Å². The zero-order chi connectivity index (χ0) is 14.7. The van der Waals surface area contributed by atoms with Crippen molar-refractivity contribution in [3.05, 3.63) is 29.8 Å². The van der Waals surface area contributed by atoms with E-state index in [4.69, 9.17) is 0 Å². The lowest BCUT2D eigenvalue weighted by molar-refractivity contribution is 0.144. The Labute approximate surface area is 129 Å². The van der Waals surface area contributed by atoms with Gasteiger partial charge in [-0.25, -0.2) is 0 Å². The van der Waals surface area contributed by atoms with Crippen LogP contribution in [-0.4, -0.2) is 20.1 Å². The van der Waals surface area contributed by atoms with E-state index in [1.54, 1.807) is 0 Å². The van der Waals surface area contributed by atoms with Gasteiger partial charge in [-0.1, -0.05) is 31.4 Å². The highest BCUT2D eigenvalue weighted by atomic mass is 15.1. The molecular weight excluding hydrogens is 256 g/mol. The predicted octanol–water partition coefficient (Wildman–Crippen LogP) is 4.52. The van der Waals surface area contributed by atoms with Crippen molar-refractivity contribution in [2.24, 2.45) is 5.41 Å². The zero-order valence-corrected chi connectivity index (χ0v) is 13.7. The van der Waals surface area contributed by atoms with Crippen LogP contribution in [0.15, 0.2) is 24.3 Å². The van der Waals surface area contributed by atoms with E-state index in [0.717, 1.165) is 0 Å². The molecule has 1 aromatic rings. The highest BCUT2D eigenvalue weighted by molar-refractivity contribution is 5.48. The van der Waals surface area contributed by atoms with E-state index < -0.39 is 0 Å². The zero-order valence-electron chi connectivity index (χ0n) is 13.7. The van der Waals surface area contributed by atoms with E-state index in [1.165, 1.54) is 69.3 Å². The Hall–Kier alpha value is -1.02. The van der Waals surface area contributed by atoms with Crippen LogP contribution >= 0.6 is 0 Å². The molecule has 0 aromatic heterocycles. The standard InChI is InChI=1S/C19H30N2/c1-16(20-2)17-6-8-18(9-7-17)21-14-12-19(13-15-21)10-4-3-5-11-19/h6-9,16,20H,3-5,10-15H2,1-2H3. The van der Waals surface area contributed by atoms with Gasteiger partial charge in [-0.05, 0) is 62.8 Å². The van der Waals surface area contributed by atoms with Crippen LogP contribution in [0, 0.1) is 5.41 Å². The molecule has 1 saturated carbocycles. The Bertz CT molecular complexity index is 435. The average Bonchev–Trinajstić information content (AvgIpc) is 2.56. The minimum Gasteiger partial charge on any atom is -0.371 e. The number of rotatable bonds is 3. The Morgan fingerprint density at radius 3 is 2.14 bits per heavy atom. The van der Waals surface area contributed by atoms with Crippen molar-refractivity contribution < 1.29 is 0 Å². The first kappa shape index (κ1) is 14.9. The number of piperidine rings is 1. The van der Waals surface area contributed by atoms with Crippen molar-refractivity contribution in [1.82, 2.24) is 5.32 Å². The van der Waals surface area contributed by atoms with E-state index in [1.807, 2.05) is 7.05 Å². The third-order valence-corrected chi connectivity index (χ3v) is 5.93. The third-order valence-electron chi connectivity index (χ3n) is 5.93. The van der Waals surface area contributed by atoms with Gasteiger partial charge >= 0.3 is 0 Å². The minimum absolute atomic E-state index is 0.436.